The fourth-order valence-electron chi connectivity index (χ4n) is 2.99. The molecule has 0 radical (unpaired) electrons. The van der Waals surface area contributed by atoms with Gasteiger partial charge in [0.05, 0.1) is 0 Å². The number of carbonyl (C=O) groups excluding carboxylic acids is 1. The van der Waals surface area contributed by atoms with E-state index in [1.807, 2.05) is 11.0 Å². The van der Waals surface area contributed by atoms with Gasteiger partial charge < -0.3 is 15.1 Å². The summed E-state index contributed by atoms with van der Waals surface area (Å²) in [6, 6.07) is 17.2. The molecule has 2 aromatic rings. The maximum Gasteiger partial charge on any atom is 0.267 e. The van der Waals surface area contributed by atoms with Crippen molar-refractivity contribution in [2.45, 2.75) is 6.92 Å². The largest absolute Gasteiger partial charge is 0.373 e. The van der Waals surface area contributed by atoms with Gasteiger partial charge in [-0.1, -0.05) is 23.7 Å². The molecule has 0 bridgehead atoms. The molecular weight excluding hydrogens is 360 g/mol. The normalized spacial score (nSPS) is 14.6. The first kappa shape index (κ1) is 18.8. The number of hydrogen-bond acceptors (Lipinski definition) is 4. The Morgan fingerprint density at radius 1 is 1.15 bits per heavy atom. The maximum atomic E-state index is 12.4. The van der Waals surface area contributed by atoms with E-state index in [-0.39, 0.29) is 5.57 Å². The number of anilines is 2. The van der Waals surface area contributed by atoms with Gasteiger partial charge in [0.25, 0.3) is 5.91 Å². The van der Waals surface area contributed by atoms with E-state index in [9.17, 15) is 10.1 Å². The van der Waals surface area contributed by atoms with Gasteiger partial charge in [0.2, 0.25) is 0 Å². The fourth-order valence-corrected chi connectivity index (χ4v) is 3.11. The van der Waals surface area contributed by atoms with Crippen LogP contribution in [-0.2, 0) is 4.79 Å². The number of rotatable bonds is 4. The van der Waals surface area contributed by atoms with E-state index in [0.717, 1.165) is 26.2 Å². The van der Waals surface area contributed by atoms with Crippen LogP contribution < -0.4 is 10.2 Å². The van der Waals surface area contributed by atoms with E-state index in [4.69, 9.17) is 11.6 Å². The van der Waals surface area contributed by atoms with Gasteiger partial charge in [0, 0.05) is 48.8 Å². The highest BCUT2D eigenvalue weighted by atomic mass is 35.5. The molecular formula is C21H21ClN4O. The molecule has 0 spiro atoms. The Hall–Kier alpha value is -2.97. The average Bonchev–Trinajstić information content (AvgIpc) is 2.68. The van der Waals surface area contributed by atoms with E-state index in [1.54, 1.807) is 30.5 Å². The van der Waals surface area contributed by atoms with Gasteiger partial charge in [0.15, 0.2) is 0 Å². The fraction of sp³-hybridized carbons (Fsp3) is 0.238. The minimum Gasteiger partial charge on any atom is -0.373 e. The molecule has 1 aliphatic rings. The van der Waals surface area contributed by atoms with Crippen molar-refractivity contribution in [2.75, 3.05) is 36.4 Å². The molecule has 2 aromatic carbocycles. The van der Waals surface area contributed by atoms with E-state index in [1.165, 1.54) is 11.3 Å². The molecule has 6 heteroatoms. The SMILES string of the molecule is Cc1cccc(N2CCN(/C=C(/C#N)C(=O)Nc3ccc(Cl)cc3)CC2)c1. The Kier molecular flexibility index (Phi) is 6.00. The standard InChI is InChI=1S/C21H21ClN4O/c1-16-3-2-4-20(13-16)26-11-9-25(10-12-26)15-17(14-23)21(27)24-19-7-5-18(22)6-8-19/h2-8,13,15H,9-12H2,1H3,(H,24,27)/b17-15-. The summed E-state index contributed by atoms with van der Waals surface area (Å²) in [6.07, 6.45) is 1.65. The summed E-state index contributed by atoms with van der Waals surface area (Å²) in [6.45, 7) is 5.29. The van der Waals surface area contributed by atoms with Crippen LogP contribution in [0.2, 0.25) is 5.02 Å². The van der Waals surface area contributed by atoms with Crippen molar-refractivity contribution in [3.8, 4) is 6.07 Å². The number of nitriles is 1. The lowest BCUT2D eigenvalue weighted by atomic mass is 10.2. The minimum atomic E-state index is -0.416. The summed E-state index contributed by atoms with van der Waals surface area (Å²) in [4.78, 5) is 16.7. The predicted molar refractivity (Wildman–Crippen MR) is 109 cm³/mol. The maximum absolute atomic E-state index is 12.4. The molecule has 1 amide bonds. The smallest absolute Gasteiger partial charge is 0.267 e. The van der Waals surface area contributed by atoms with E-state index < -0.39 is 5.91 Å². The molecule has 27 heavy (non-hydrogen) atoms. The van der Waals surface area contributed by atoms with Crippen molar-refractivity contribution in [3.63, 3.8) is 0 Å². The number of nitrogens with one attached hydrogen (secondary N) is 1. The van der Waals surface area contributed by atoms with Gasteiger partial charge in [-0.25, -0.2) is 0 Å². The van der Waals surface area contributed by atoms with Crippen LogP contribution in [0.4, 0.5) is 11.4 Å². The molecule has 0 atom stereocenters. The first-order chi connectivity index (χ1) is 13.0. The highest BCUT2D eigenvalue weighted by molar-refractivity contribution is 6.30. The van der Waals surface area contributed by atoms with Crippen molar-refractivity contribution < 1.29 is 4.79 Å². The lowest BCUT2D eigenvalue weighted by Gasteiger charge is -2.35. The molecule has 1 aliphatic heterocycles. The monoisotopic (exact) mass is 380 g/mol. The molecule has 5 nitrogen and oxygen atoms in total. The van der Waals surface area contributed by atoms with Crippen LogP contribution in [0, 0.1) is 18.3 Å². The summed E-state index contributed by atoms with van der Waals surface area (Å²) in [7, 11) is 0. The van der Waals surface area contributed by atoms with Crippen LogP contribution >= 0.6 is 11.6 Å². The Labute approximate surface area is 164 Å². The van der Waals surface area contributed by atoms with Gasteiger partial charge in [-0.2, -0.15) is 5.26 Å². The number of piperazine rings is 1. The summed E-state index contributed by atoms with van der Waals surface area (Å²) in [5, 5.41) is 12.7. The molecule has 0 unspecified atom stereocenters. The topological polar surface area (TPSA) is 59.4 Å². The molecule has 0 saturated carbocycles. The van der Waals surface area contributed by atoms with Crippen LogP contribution in [-0.4, -0.2) is 37.0 Å². The van der Waals surface area contributed by atoms with E-state index in [0.29, 0.717) is 10.7 Å². The molecule has 0 aromatic heterocycles. The number of benzene rings is 2. The lowest BCUT2D eigenvalue weighted by molar-refractivity contribution is -0.112. The highest BCUT2D eigenvalue weighted by Crippen LogP contribution is 2.18. The molecule has 1 saturated heterocycles. The Morgan fingerprint density at radius 2 is 1.85 bits per heavy atom. The van der Waals surface area contributed by atoms with Crippen molar-refractivity contribution in [1.29, 1.82) is 5.26 Å². The number of amides is 1. The molecule has 1 fully saturated rings. The third-order valence-electron chi connectivity index (χ3n) is 4.46. The Balaban J connectivity index is 1.60. The highest BCUT2D eigenvalue weighted by Gasteiger charge is 2.18. The second-order valence-electron chi connectivity index (χ2n) is 6.48. The third-order valence-corrected chi connectivity index (χ3v) is 4.71. The zero-order chi connectivity index (χ0) is 19.2. The van der Waals surface area contributed by atoms with E-state index >= 15 is 0 Å². The van der Waals surface area contributed by atoms with Crippen LogP contribution in [0.1, 0.15) is 5.56 Å². The zero-order valence-corrected chi connectivity index (χ0v) is 15.9. The van der Waals surface area contributed by atoms with Crippen molar-refractivity contribution >= 4 is 28.9 Å². The van der Waals surface area contributed by atoms with Crippen molar-refractivity contribution in [2.24, 2.45) is 0 Å². The number of halogens is 1. The second-order valence-corrected chi connectivity index (χ2v) is 6.91. The van der Waals surface area contributed by atoms with Crippen molar-refractivity contribution in [1.82, 2.24) is 4.90 Å². The predicted octanol–water partition coefficient (Wildman–Crippen LogP) is 3.82. The second kappa shape index (κ2) is 8.61. The average molecular weight is 381 g/mol. The zero-order valence-electron chi connectivity index (χ0n) is 15.2. The van der Waals surface area contributed by atoms with Gasteiger partial charge in [-0.3, -0.25) is 4.79 Å². The Morgan fingerprint density at radius 3 is 2.48 bits per heavy atom. The summed E-state index contributed by atoms with van der Waals surface area (Å²) in [5.41, 5.74) is 3.14. The summed E-state index contributed by atoms with van der Waals surface area (Å²) >= 11 is 5.84. The van der Waals surface area contributed by atoms with Crippen molar-refractivity contribution in [3.05, 3.63) is 70.9 Å². The van der Waals surface area contributed by atoms with Crippen LogP contribution in [0.5, 0.6) is 0 Å². The third kappa shape index (κ3) is 5.02. The van der Waals surface area contributed by atoms with E-state index in [2.05, 4.69) is 41.4 Å². The van der Waals surface area contributed by atoms with Gasteiger partial charge >= 0.3 is 0 Å². The molecule has 0 aliphatic carbocycles. The van der Waals surface area contributed by atoms with Gasteiger partial charge in [-0.15, -0.1) is 0 Å². The van der Waals surface area contributed by atoms with Crippen LogP contribution in [0.25, 0.3) is 0 Å². The van der Waals surface area contributed by atoms with Crippen LogP contribution in [0.15, 0.2) is 60.3 Å². The molecule has 138 valence electrons. The summed E-state index contributed by atoms with van der Waals surface area (Å²) < 4.78 is 0. The Bertz CT molecular complexity index is 878. The lowest BCUT2D eigenvalue weighted by Crippen LogP contribution is -2.44. The van der Waals surface area contributed by atoms with Crippen LogP contribution in [0.3, 0.4) is 0 Å². The number of nitrogens with zero attached hydrogens (tertiary/aromatic N) is 3. The molecule has 1 heterocycles. The number of aryl methyl sites for hydroxylation is 1. The van der Waals surface area contributed by atoms with Gasteiger partial charge in [-0.05, 0) is 48.9 Å². The molecule has 3 rings (SSSR count). The quantitative estimate of drug-likeness (QED) is 0.647. The first-order valence-electron chi connectivity index (χ1n) is 8.79. The van der Waals surface area contributed by atoms with Gasteiger partial charge in [0.1, 0.15) is 11.6 Å². The first-order valence-corrected chi connectivity index (χ1v) is 9.17. The number of carbonyl (C=O) groups is 1. The number of hydrogen-bond donors (Lipinski definition) is 1. The minimum absolute atomic E-state index is 0.0916. The molecule has 1 N–H and O–H groups in total. The summed E-state index contributed by atoms with van der Waals surface area (Å²) in [5.74, 6) is -0.416.